The van der Waals surface area contributed by atoms with Crippen LogP contribution in [0.25, 0.3) is 11.0 Å². The minimum Gasteiger partial charge on any atom is -0.460 e. The van der Waals surface area contributed by atoms with Crippen LogP contribution in [0.1, 0.15) is 62.6 Å². The topological polar surface area (TPSA) is 30.2 Å². The van der Waals surface area contributed by atoms with Crippen molar-refractivity contribution >= 4 is 16.8 Å². The van der Waals surface area contributed by atoms with E-state index >= 15 is 0 Å². The molecule has 1 atom stereocenters. The van der Waals surface area contributed by atoms with Crippen LogP contribution in [0.2, 0.25) is 0 Å². The second-order valence-electron chi connectivity index (χ2n) is 5.36. The summed E-state index contributed by atoms with van der Waals surface area (Å²) < 4.78 is 5.85. The van der Waals surface area contributed by atoms with Crippen molar-refractivity contribution in [3.05, 3.63) is 35.6 Å². The average molecular weight is 272 g/mol. The van der Waals surface area contributed by atoms with E-state index in [2.05, 4.69) is 13.8 Å². The lowest BCUT2D eigenvalue weighted by atomic mass is 9.89. The lowest BCUT2D eigenvalue weighted by Gasteiger charge is -2.13. The maximum atomic E-state index is 12.9. The van der Waals surface area contributed by atoms with Gasteiger partial charge in [0.1, 0.15) is 11.3 Å². The first-order chi connectivity index (χ1) is 9.72. The standard InChI is InChI=1S/C18H24O2/c1-4-7-10-13(5-2)18(19)17-14-11-8-9-12-16(14)20-15(17)6-3/h8-9,11-13H,4-7,10H2,1-3H3. The molecule has 0 aliphatic rings. The third-order valence-electron chi connectivity index (χ3n) is 4.01. The van der Waals surface area contributed by atoms with Crippen LogP contribution in [-0.4, -0.2) is 5.78 Å². The van der Waals surface area contributed by atoms with Crippen molar-refractivity contribution in [2.45, 2.75) is 52.9 Å². The van der Waals surface area contributed by atoms with E-state index in [0.717, 1.165) is 54.4 Å². The van der Waals surface area contributed by atoms with E-state index in [-0.39, 0.29) is 11.7 Å². The summed E-state index contributed by atoms with van der Waals surface area (Å²) in [5, 5.41) is 0.976. The van der Waals surface area contributed by atoms with Crippen LogP contribution in [0, 0.1) is 5.92 Å². The molecule has 0 N–H and O–H groups in total. The summed E-state index contributed by atoms with van der Waals surface area (Å²) in [6, 6.07) is 7.87. The third-order valence-corrected chi connectivity index (χ3v) is 4.01. The number of hydrogen-bond acceptors (Lipinski definition) is 2. The lowest BCUT2D eigenvalue weighted by Crippen LogP contribution is -2.15. The zero-order valence-electron chi connectivity index (χ0n) is 12.7. The van der Waals surface area contributed by atoms with Gasteiger partial charge in [-0.2, -0.15) is 0 Å². The van der Waals surface area contributed by atoms with E-state index in [4.69, 9.17) is 4.42 Å². The van der Waals surface area contributed by atoms with Gasteiger partial charge < -0.3 is 4.42 Å². The van der Waals surface area contributed by atoms with E-state index in [1.807, 2.05) is 31.2 Å². The van der Waals surface area contributed by atoms with Gasteiger partial charge in [-0.05, 0) is 18.9 Å². The molecule has 0 bridgehead atoms. The van der Waals surface area contributed by atoms with Crippen LogP contribution in [0.4, 0.5) is 0 Å². The predicted octanol–water partition coefficient (Wildman–Crippen LogP) is 5.39. The fraction of sp³-hybridized carbons (Fsp3) is 0.500. The summed E-state index contributed by atoms with van der Waals surface area (Å²) in [6.45, 7) is 6.32. The Kier molecular flexibility index (Phi) is 4.99. The van der Waals surface area contributed by atoms with Gasteiger partial charge in [0, 0.05) is 17.7 Å². The number of carbonyl (C=O) groups excluding carboxylic acids is 1. The van der Waals surface area contributed by atoms with Gasteiger partial charge in [-0.25, -0.2) is 0 Å². The quantitative estimate of drug-likeness (QED) is 0.632. The number of Topliss-reactive ketones (excluding diaryl/α,β-unsaturated/α-hetero) is 1. The van der Waals surface area contributed by atoms with Crippen molar-refractivity contribution in [1.82, 2.24) is 0 Å². The smallest absolute Gasteiger partial charge is 0.170 e. The Labute approximate surface area is 121 Å². The third kappa shape index (κ3) is 2.79. The van der Waals surface area contributed by atoms with E-state index < -0.39 is 0 Å². The molecule has 0 aliphatic carbocycles. The van der Waals surface area contributed by atoms with Crippen LogP contribution in [0.5, 0.6) is 0 Å². The minimum atomic E-state index is 0.126. The van der Waals surface area contributed by atoms with Crippen molar-refractivity contribution in [3.63, 3.8) is 0 Å². The van der Waals surface area contributed by atoms with E-state index in [1.165, 1.54) is 0 Å². The Hall–Kier alpha value is -1.57. The Balaban J connectivity index is 2.41. The molecule has 1 unspecified atom stereocenters. The predicted molar refractivity (Wildman–Crippen MR) is 83.2 cm³/mol. The number of carbonyl (C=O) groups is 1. The number of unbranched alkanes of at least 4 members (excludes halogenated alkanes) is 1. The average Bonchev–Trinajstić information content (AvgIpc) is 2.86. The van der Waals surface area contributed by atoms with E-state index in [0.29, 0.717) is 0 Å². The Bertz CT molecular complexity index is 580. The monoisotopic (exact) mass is 272 g/mol. The van der Waals surface area contributed by atoms with Crippen molar-refractivity contribution < 1.29 is 9.21 Å². The van der Waals surface area contributed by atoms with Gasteiger partial charge in [-0.15, -0.1) is 0 Å². The lowest BCUT2D eigenvalue weighted by molar-refractivity contribution is 0.0907. The van der Waals surface area contributed by atoms with Gasteiger partial charge >= 0.3 is 0 Å². The fourth-order valence-corrected chi connectivity index (χ4v) is 2.79. The summed E-state index contributed by atoms with van der Waals surface area (Å²) >= 11 is 0. The summed E-state index contributed by atoms with van der Waals surface area (Å²) in [7, 11) is 0. The largest absolute Gasteiger partial charge is 0.460 e. The van der Waals surface area contributed by atoms with E-state index in [1.54, 1.807) is 0 Å². The maximum Gasteiger partial charge on any atom is 0.170 e. The van der Waals surface area contributed by atoms with Gasteiger partial charge in [0.2, 0.25) is 0 Å². The first kappa shape index (κ1) is 14.8. The summed E-state index contributed by atoms with van der Waals surface area (Å²) in [5.41, 5.74) is 1.66. The van der Waals surface area contributed by atoms with Gasteiger partial charge in [-0.1, -0.05) is 51.8 Å². The van der Waals surface area contributed by atoms with Gasteiger partial charge in [-0.3, -0.25) is 4.79 Å². The number of para-hydroxylation sites is 1. The van der Waals surface area contributed by atoms with Crippen LogP contribution < -0.4 is 0 Å². The molecule has 108 valence electrons. The van der Waals surface area contributed by atoms with Crippen LogP contribution in [-0.2, 0) is 6.42 Å². The molecule has 20 heavy (non-hydrogen) atoms. The highest BCUT2D eigenvalue weighted by molar-refractivity contribution is 6.09. The Morgan fingerprint density at radius 2 is 1.95 bits per heavy atom. The summed E-state index contributed by atoms with van der Waals surface area (Å²) in [4.78, 5) is 12.9. The Morgan fingerprint density at radius 3 is 2.60 bits per heavy atom. The summed E-state index contributed by atoms with van der Waals surface area (Å²) in [6.07, 6.45) is 4.90. The molecule has 1 heterocycles. The molecule has 0 amide bonds. The molecule has 0 radical (unpaired) electrons. The fourth-order valence-electron chi connectivity index (χ4n) is 2.79. The number of aryl methyl sites for hydroxylation is 1. The zero-order valence-corrected chi connectivity index (χ0v) is 12.7. The summed E-state index contributed by atoms with van der Waals surface area (Å²) in [5.74, 6) is 1.23. The Morgan fingerprint density at radius 1 is 1.20 bits per heavy atom. The molecule has 2 nitrogen and oxygen atoms in total. The molecule has 0 aliphatic heterocycles. The maximum absolute atomic E-state index is 12.9. The molecule has 2 heteroatoms. The molecule has 0 saturated heterocycles. The number of furan rings is 1. The van der Waals surface area contributed by atoms with Gasteiger partial charge in [0.25, 0.3) is 0 Å². The zero-order chi connectivity index (χ0) is 14.5. The van der Waals surface area contributed by atoms with Crippen molar-refractivity contribution in [2.24, 2.45) is 5.92 Å². The van der Waals surface area contributed by atoms with Crippen LogP contribution in [0.3, 0.4) is 0 Å². The molecule has 0 fully saturated rings. The number of hydrogen-bond donors (Lipinski definition) is 0. The number of rotatable bonds is 7. The van der Waals surface area contributed by atoms with Crippen LogP contribution >= 0.6 is 0 Å². The van der Waals surface area contributed by atoms with Gasteiger partial charge in [0.15, 0.2) is 5.78 Å². The van der Waals surface area contributed by atoms with Crippen molar-refractivity contribution in [2.75, 3.05) is 0 Å². The van der Waals surface area contributed by atoms with Gasteiger partial charge in [0.05, 0.1) is 5.56 Å². The van der Waals surface area contributed by atoms with Crippen molar-refractivity contribution in [3.8, 4) is 0 Å². The highest BCUT2D eigenvalue weighted by atomic mass is 16.3. The molecule has 1 aromatic heterocycles. The highest BCUT2D eigenvalue weighted by Crippen LogP contribution is 2.30. The first-order valence-electron chi connectivity index (χ1n) is 7.77. The number of ketones is 1. The normalized spacial score (nSPS) is 12.8. The molecule has 0 saturated carbocycles. The highest BCUT2D eigenvalue weighted by Gasteiger charge is 2.25. The number of fused-ring (bicyclic) bond motifs is 1. The van der Waals surface area contributed by atoms with Crippen LogP contribution in [0.15, 0.2) is 28.7 Å². The SMILES string of the molecule is CCCCC(CC)C(=O)c1c(CC)oc2ccccc12. The second kappa shape index (κ2) is 6.74. The molecule has 1 aromatic carbocycles. The number of benzene rings is 1. The second-order valence-corrected chi connectivity index (χ2v) is 5.36. The molecule has 2 rings (SSSR count). The molecule has 0 spiro atoms. The molecule has 2 aromatic rings. The van der Waals surface area contributed by atoms with Crippen molar-refractivity contribution in [1.29, 1.82) is 0 Å². The molecular weight excluding hydrogens is 248 g/mol. The molecular formula is C18H24O2. The first-order valence-corrected chi connectivity index (χ1v) is 7.77. The van der Waals surface area contributed by atoms with E-state index in [9.17, 15) is 4.79 Å². The minimum absolute atomic E-state index is 0.126.